The number of rotatable bonds is 8. The Morgan fingerprint density at radius 1 is 1.32 bits per heavy atom. The zero-order valence-corrected chi connectivity index (χ0v) is 15.5. The molecule has 1 aromatic carbocycles. The Balaban J connectivity index is 1.69. The van der Waals surface area contributed by atoms with E-state index in [-0.39, 0.29) is 35.7 Å². The maximum Gasteiger partial charge on any atom is 0.236 e. The van der Waals surface area contributed by atoms with Crippen molar-refractivity contribution >= 4 is 15.7 Å². The fraction of sp³-hybridized carbons (Fsp3) is 0.588. The molecule has 1 atom stereocenters. The highest BCUT2D eigenvalue weighted by molar-refractivity contribution is 7.91. The van der Waals surface area contributed by atoms with Crippen LogP contribution < -0.4 is 4.74 Å². The standard InChI is InChI=1S/C17H25FN2O4S/c1-19(9-5-10-24-16-7-4-3-6-15(16)18)17(21)12-20(2)14-8-11-25(22,23)13-14/h3-4,6-7,14H,5,8-13H2,1-2H3/t14-/m0/s1. The van der Waals surface area contributed by atoms with Gasteiger partial charge in [-0.1, -0.05) is 12.1 Å². The van der Waals surface area contributed by atoms with Crippen LogP contribution in [0.4, 0.5) is 4.39 Å². The Labute approximate surface area is 148 Å². The van der Waals surface area contributed by atoms with Crippen molar-refractivity contribution in [1.82, 2.24) is 9.80 Å². The Hall–Kier alpha value is -1.67. The monoisotopic (exact) mass is 372 g/mol. The molecule has 25 heavy (non-hydrogen) atoms. The SMILES string of the molecule is CN(CCCOc1ccccc1F)C(=O)CN(C)[C@H]1CCS(=O)(=O)C1. The van der Waals surface area contributed by atoms with Crippen molar-refractivity contribution in [3.63, 3.8) is 0 Å². The summed E-state index contributed by atoms with van der Waals surface area (Å²) in [6.07, 6.45) is 1.16. The van der Waals surface area contributed by atoms with Gasteiger partial charge in [0.15, 0.2) is 21.4 Å². The summed E-state index contributed by atoms with van der Waals surface area (Å²) in [7, 11) is 0.518. The van der Waals surface area contributed by atoms with E-state index in [1.54, 1.807) is 42.1 Å². The Kier molecular flexibility index (Phi) is 6.78. The van der Waals surface area contributed by atoms with E-state index in [2.05, 4.69) is 0 Å². The average molecular weight is 372 g/mol. The first-order chi connectivity index (χ1) is 11.8. The number of nitrogens with zero attached hydrogens (tertiary/aromatic N) is 2. The van der Waals surface area contributed by atoms with Crippen molar-refractivity contribution in [2.75, 3.05) is 45.3 Å². The molecule has 6 nitrogen and oxygen atoms in total. The van der Waals surface area contributed by atoms with Gasteiger partial charge in [-0.2, -0.15) is 0 Å². The van der Waals surface area contributed by atoms with Gasteiger partial charge >= 0.3 is 0 Å². The van der Waals surface area contributed by atoms with E-state index >= 15 is 0 Å². The molecule has 1 fully saturated rings. The molecule has 1 aromatic rings. The molecule has 0 N–H and O–H groups in total. The van der Waals surface area contributed by atoms with Crippen molar-refractivity contribution in [3.05, 3.63) is 30.1 Å². The van der Waals surface area contributed by atoms with Gasteiger partial charge in [-0.3, -0.25) is 9.69 Å². The maximum absolute atomic E-state index is 13.4. The van der Waals surface area contributed by atoms with Gasteiger partial charge in [0.2, 0.25) is 5.91 Å². The van der Waals surface area contributed by atoms with Crippen LogP contribution in [-0.4, -0.2) is 75.5 Å². The molecule has 0 aromatic heterocycles. The summed E-state index contributed by atoms with van der Waals surface area (Å²) in [5, 5.41) is 0. The fourth-order valence-corrected chi connectivity index (χ4v) is 4.56. The van der Waals surface area contributed by atoms with Crippen LogP contribution in [0, 0.1) is 5.82 Å². The number of carbonyl (C=O) groups excluding carboxylic acids is 1. The summed E-state index contributed by atoms with van der Waals surface area (Å²) in [5.41, 5.74) is 0. The van der Waals surface area contributed by atoms with Gasteiger partial charge in [0.1, 0.15) is 0 Å². The first-order valence-corrected chi connectivity index (χ1v) is 10.1. The molecule has 1 amide bonds. The Bertz CT molecular complexity index is 696. The number of hydrogen-bond donors (Lipinski definition) is 0. The van der Waals surface area contributed by atoms with Crippen LogP contribution in [0.5, 0.6) is 5.75 Å². The average Bonchev–Trinajstić information content (AvgIpc) is 2.93. The number of para-hydroxylation sites is 1. The van der Waals surface area contributed by atoms with Crippen LogP contribution >= 0.6 is 0 Å². The number of hydrogen-bond acceptors (Lipinski definition) is 5. The third-order valence-electron chi connectivity index (χ3n) is 4.37. The van der Waals surface area contributed by atoms with Gasteiger partial charge in [-0.05, 0) is 32.0 Å². The summed E-state index contributed by atoms with van der Waals surface area (Å²) in [5.74, 6) is 0.0487. The number of sulfone groups is 1. The van der Waals surface area contributed by atoms with Crippen LogP contribution in [0.3, 0.4) is 0 Å². The minimum atomic E-state index is -2.96. The van der Waals surface area contributed by atoms with Crippen molar-refractivity contribution in [1.29, 1.82) is 0 Å². The third kappa shape index (κ3) is 5.97. The number of likely N-dealkylation sites (N-methyl/N-ethyl adjacent to an activating group) is 2. The summed E-state index contributed by atoms with van der Waals surface area (Å²) >= 11 is 0. The molecule has 0 radical (unpaired) electrons. The van der Waals surface area contributed by atoms with Crippen LogP contribution in [-0.2, 0) is 14.6 Å². The molecule has 0 aliphatic carbocycles. The summed E-state index contributed by atoms with van der Waals surface area (Å²) in [6, 6.07) is 6.11. The number of ether oxygens (including phenoxy) is 1. The molecule has 8 heteroatoms. The van der Waals surface area contributed by atoms with E-state index in [1.807, 2.05) is 0 Å². The van der Waals surface area contributed by atoms with Crippen molar-refractivity contribution < 1.29 is 22.3 Å². The summed E-state index contributed by atoms with van der Waals surface area (Å²) in [6.45, 7) is 0.990. The fourth-order valence-electron chi connectivity index (χ4n) is 2.76. The van der Waals surface area contributed by atoms with E-state index in [1.165, 1.54) is 6.07 Å². The molecule has 1 aliphatic rings. The highest BCUT2D eigenvalue weighted by Gasteiger charge is 2.31. The highest BCUT2D eigenvalue weighted by Crippen LogP contribution is 2.17. The second-order valence-corrected chi connectivity index (χ2v) is 8.65. The molecule has 0 saturated carbocycles. The van der Waals surface area contributed by atoms with E-state index < -0.39 is 15.7 Å². The second-order valence-electron chi connectivity index (χ2n) is 6.42. The summed E-state index contributed by atoms with van der Waals surface area (Å²) in [4.78, 5) is 15.6. The highest BCUT2D eigenvalue weighted by atomic mass is 32.2. The molecule has 1 heterocycles. The summed E-state index contributed by atoms with van der Waals surface area (Å²) < 4.78 is 41.8. The number of benzene rings is 1. The minimum absolute atomic E-state index is 0.0716. The molecule has 1 saturated heterocycles. The van der Waals surface area contributed by atoms with E-state index in [4.69, 9.17) is 4.74 Å². The lowest BCUT2D eigenvalue weighted by Gasteiger charge is -2.25. The molecule has 1 aliphatic heterocycles. The van der Waals surface area contributed by atoms with Crippen molar-refractivity contribution in [2.45, 2.75) is 18.9 Å². The molecule has 0 unspecified atom stereocenters. The quantitative estimate of drug-likeness (QED) is 0.641. The molecule has 0 spiro atoms. The topological polar surface area (TPSA) is 66.9 Å². The number of amides is 1. The second kappa shape index (κ2) is 8.62. The van der Waals surface area contributed by atoms with Crippen LogP contribution in [0.15, 0.2) is 24.3 Å². The molecule has 140 valence electrons. The number of halogens is 1. The van der Waals surface area contributed by atoms with Gasteiger partial charge in [0.05, 0.1) is 24.7 Å². The smallest absolute Gasteiger partial charge is 0.236 e. The van der Waals surface area contributed by atoms with Crippen molar-refractivity contribution in [3.8, 4) is 5.75 Å². The van der Waals surface area contributed by atoms with Crippen LogP contribution in [0.1, 0.15) is 12.8 Å². The lowest BCUT2D eigenvalue weighted by atomic mass is 10.2. The maximum atomic E-state index is 13.4. The predicted molar refractivity (Wildman–Crippen MR) is 93.8 cm³/mol. The first-order valence-electron chi connectivity index (χ1n) is 8.30. The van der Waals surface area contributed by atoms with Crippen LogP contribution in [0.25, 0.3) is 0 Å². The molecular weight excluding hydrogens is 347 g/mol. The zero-order chi connectivity index (χ0) is 18.4. The predicted octanol–water partition coefficient (Wildman–Crippen LogP) is 1.17. The normalized spacial score (nSPS) is 19.1. The first kappa shape index (κ1) is 19.7. The van der Waals surface area contributed by atoms with E-state index in [0.29, 0.717) is 26.0 Å². The van der Waals surface area contributed by atoms with E-state index in [0.717, 1.165) is 0 Å². The lowest BCUT2D eigenvalue weighted by Crippen LogP contribution is -2.42. The van der Waals surface area contributed by atoms with Gasteiger partial charge < -0.3 is 9.64 Å². The molecular formula is C17H25FN2O4S. The zero-order valence-electron chi connectivity index (χ0n) is 14.7. The van der Waals surface area contributed by atoms with Gasteiger partial charge in [-0.25, -0.2) is 12.8 Å². The number of carbonyl (C=O) groups is 1. The van der Waals surface area contributed by atoms with Gasteiger partial charge in [0, 0.05) is 19.6 Å². The van der Waals surface area contributed by atoms with Crippen molar-refractivity contribution in [2.24, 2.45) is 0 Å². The molecule has 0 bridgehead atoms. The van der Waals surface area contributed by atoms with Crippen LogP contribution in [0.2, 0.25) is 0 Å². The van der Waals surface area contributed by atoms with E-state index in [9.17, 15) is 17.6 Å². The molecule has 2 rings (SSSR count). The lowest BCUT2D eigenvalue weighted by molar-refractivity contribution is -0.131. The minimum Gasteiger partial charge on any atom is -0.490 e. The largest absolute Gasteiger partial charge is 0.490 e. The Morgan fingerprint density at radius 3 is 2.68 bits per heavy atom. The third-order valence-corrected chi connectivity index (χ3v) is 6.12. The Morgan fingerprint density at radius 2 is 2.04 bits per heavy atom. The van der Waals surface area contributed by atoms with Gasteiger partial charge in [0.25, 0.3) is 0 Å². The van der Waals surface area contributed by atoms with Gasteiger partial charge in [-0.15, -0.1) is 0 Å².